The van der Waals surface area contributed by atoms with Crippen molar-refractivity contribution >= 4 is 5.97 Å². The molecule has 0 bridgehead atoms. The Morgan fingerprint density at radius 1 is 1.50 bits per heavy atom. The van der Waals surface area contributed by atoms with Crippen molar-refractivity contribution < 1.29 is 14.3 Å². The summed E-state index contributed by atoms with van der Waals surface area (Å²) >= 11 is 0. The molecule has 18 heavy (non-hydrogen) atoms. The van der Waals surface area contributed by atoms with Crippen LogP contribution in [0.2, 0.25) is 0 Å². The van der Waals surface area contributed by atoms with E-state index in [2.05, 4.69) is 11.4 Å². The zero-order chi connectivity index (χ0) is 12.5. The lowest BCUT2D eigenvalue weighted by Gasteiger charge is -2.17. The molecular weight excluding hydrogens is 230 g/mol. The van der Waals surface area contributed by atoms with Crippen LogP contribution in [0.3, 0.4) is 0 Å². The Labute approximate surface area is 106 Å². The molecule has 1 saturated carbocycles. The number of rotatable bonds is 4. The molecule has 1 fully saturated rings. The van der Waals surface area contributed by atoms with E-state index in [9.17, 15) is 4.79 Å². The van der Waals surface area contributed by atoms with E-state index in [0.29, 0.717) is 6.04 Å². The number of hydrogen-bond acceptors (Lipinski definition) is 4. The molecule has 3 rings (SSSR count). The van der Waals surface area contributed by atoms with Crippen molar-refractivity contribution in [1.29, 1.82) is 0 Å². The molecule has 1 aromatic rings. The van der Waals surface area contributed by atoms with Gasteiger partial charge in [-0.15, -0.1) is 0 Å². The smallest absolute Gasteiger partial charge is 0.327 e. The van der Waals surface area contributed by atoms with Crippen molar-refractivity contribution in [3.8, 4) is 5.75 Å². The van der Waals surface area contributed by atoms with Gasteiger partial charge in [0.25, 0.3) is 0 Å². The quantitative estimate of drug-likeness (QED) is 0.821. The van der Waals surface area contributed by atoms with E-state index >= 15 is 0 Å². The summed E-state index contributed by atoms with van der Waals surface area (Å²) in [6.07, 6.45) is 3.20. The molecular formula is C14H17NO3. The molecule has 0 saturated heterocycles. The van der Waals surface area contributed by atoms with Gasteiger partial charge in [-0.05, 0) is 36.1 Å². The molecule has 1 heterocycles. The van der Waals surface area contributed by atoms with Gasteiger partial charge in [0.05, 0.1) is 13.7 Å². The third-order valence-corrected chi connectivity index (χ3v) is 3.46. The molecule has 0 amide bonds. The van der Waals surface area contributed by atoms with E-state index in [1.807, 2.05) is 12.1 Å². The lowest BCUT2D eigenvalue weighted by Crippen LogP contribution is -2.31. The number of methoxy groups -OCH3 is 1. The van der Waals surface area contributed by atoms with Crippen molar-refractivity contribution in [2.24, 2.45) is 0 Å². The largest absolute Gasteiger partial charge is 0.493 e. The monoisotopic (exact) mass is 247 g/mol. The Hall–Kier alpha value is -1.55. The summed E-state index contributed by atoms with van der Waals surface area (Å²) in [7, 11) is 1.43. The summed E-state index contributed by atoms with van der Waals surface area (Å²) < 4.78 is 10.4. The summed E-state index contributed by atoms with van der Waals surface area (Å²) in [5.41, 5.74) is 2.15. The normalized spacial score (nSPS) is 18.9. The van der Waals surface area contributed by atoms with Gasteiger partial charge < -0.3 is 9.47 Å². The summed E-state index contributed by atoms with van der Waals surface area (Å²) in [5.74, 6) is 0.717. The summed E-state index contributed by atoms with van der Waals surface area (Å²) in [5, 5.41) is 3.33. The van der Waals surface area contributed by atoms with Gasteiger partial charge in [0.15, 0.2) is 0 Å². The highest BCUT2D eigenvalue weighted by Crippen LogP contribution is 2.30. The first-order chi connectivity index (χ1) is 8.78. The van der Waals surface area contributed by atoms with Crippen LogP contribution in [0.5, 0.6) is 5.75 Å². The van der Waals surface area contributed by atoms with E-state index in [1.54, 1.807) is 0 Å². The topological polar surface area (TPSA) is 47.6 Å². The standard InChI is InChI=1S/C14H17NO3/c1-17-14(16)13(15-11-3-4-11)10-2-5-12-9(8-10)6-7-18-12/h2,5,8,11,13,15H,3-4,6-7H2,1H3. The SMILES string of the molecule is COC(=O)C(NC1CC1)c1ccc2c(c1)CCO2. The minimum atomic E-state index is -0.353. The van der Waals surface area contributed by atoms with E-state index in [-0.39, 0.29) is 12.0 Å². The van der Waals surface area contributed by atoms with Gasteiger partial charge in [-0.3, -0.25) is 5.32 Å². The average Bonchev–Trinajstić information content (AvgIpc) is 3.10. The van der Waals surface area contributed by atoms with Crippen molar-refractivity contribution in [1.82, 2.24) is 5.32 Å². The number of esters is 1. The first-order valence-corrected chi connectivity index (χ1v) is 6.37. The average molecular weight is 247 g/mol. The van der Waals surface area contributed by atoms with E-state index in [1.165, 1.54) is 12.7 Å². The number of nitrogens with one attached hydrogen (secondary N) is 1. The lowest BCUT2D eigenvalue weighted by molar-refractivity contribution is -0.143. The van der Waals surface area contributed by atoms with Gasteiger partial charge in [-0.1, -0.05) is 6.07 Å². The van der Waals surface area contributed by atoms with Crippen LogP contribution in [-0.2, 0) is 16.0 Å². The fourth-order valence-electron chi connectivity index (χ4n) is 2.29. The van der Waals surface area contributed by atoms with E-state index in [0.717, 1.165) is 37.2 Å². The van der Waals surface area contributed by atoms with Gasteiger partial charge in [-0.25, -0.2) is 4.79 Å². The molecule has 96 valence electrons. The van der Waals surface area contributed by atoms with Crippen LogP contribution in [-0.4, -0.2) is 25.7 Å². The number of benzene rings is 1. The molecule has 0 spiro atoms. The van der Waals surface area contributed by atoms with Gasteiger partial charge in [0.1, 0.15) is 11.8 Å². The number of carbonyl (C=O) groups is 1. The fourth-order valence-corrected chi connectivity index (χ4v) is 2.29. The highest BCUT2D eigenvalue weighted by atomic mass is 16.5. The Kier molecular flexibility index (Phi) is 2.96. The molecule has 4 heteroatoms. The molecule has 1 N–H and O–H groups in total. The molecule has 2 aliphatic rings. The number of ether oxygens (including phenoxy) is 2. The maximum atomic E-state index is 11.9. The highest BCUT2D eigenvalue weighted by Gasteiger charge is 2.30. The van der Waals surface area contributed by atoms with Gasteiger partial charge in [-0.2, -0.15) is 0 Å². The summed E-state index contributed by atoms with van der Waals surface area (Å²) in [6, 6.07) is 6.05. The van der Waals surface area contributed by atoms with E-state index in [4.69, 9.17) is 9.47 Å². The predicted octanol–water partition coefficient (Wildman–Crippen LogP) is 1.59. The Bertz CT molecular complexity index is 468. The summed E-state index contributed by atoms with van der Waals surface area (Å²) in [4.78, 5) is 11.9. The second-order valence-corrected chi connectivity index (χ2v) is 4.86. The Balaban J connectivity index is 1.86. The van der Waals surface area contributed by atoms with Crippen LogP contribution in [0.15, 0.2) is 18.2 Å². The molecule has 0 radical (unpaired) electrons. The fraction of sp³-hybridized carbons (Fsp3) is 0.500. The number of fused-ring (bicyclic) bond motifs is 1. The molecule has 1 aliphatic heterocycles. The minimum Gasteiger partial charge on any atom is -0.493 e. The van der Waals surface area contributed by atoms with Crippen LogP contribution in [0.4, 0.5) is 0 Å². The maximum absolute atomic E-state index is 11.9. The minimum absolute atomic E-state index is 0.222. The first-order valence-electron chi connectivity index (χ1n) is 6.37. The second-order valence-electron chi connectivity index (χ2n) is 4.86. The predicted molar refractivity (Wildman–Crippen MR) is 66.6 cm³/mol. The zero-order valence-electron chi connectivity index (χ0n) is 10.4. The number of hydrogen-bond donors (Lipinski definition) is 1. The van der Waals surface area contributed by atoms with Gasteiger partial charge in [0.2, 0.25) is 0 Å². The van der Waals surface area contributed by atoms with Crippen LogP contribution in [0, 0.1) is 0 Å². The first kappa shape index (κ1) is 11.5. The molecule has 1 unspecified atom stereocenters. The number of carbonyl (C=O) groups excluding carboxylic acids is 1. The molecule has 1 atom stereocenters. The third-order valence-electron chi connectivity index (χ3n) is 3.46. The van der Waals surface area contributed by atoms with Crippen molar-refractivity contribution in [3.05, 3.63) is 29.3 Å². The van der Waals surface area contributed by atoms with Crippen molar-refractivity contribution in [2.45, 2.75) is 31.3 Å². The highest BCUT2D eigenvalue weighted by molar-refractivity contribution is 5.78. The zero-order valence-corrected chi connectivity index (χ0v) is 10.4. The Morgan fingerprint density at radius 2 is 2.33 bits per heavy atom. The third kappa shape index (κ3) is 2.20. The molecule has 1 aromatic carbocycles. The lowest BCUT2D eigenvalue weighted by atomic mass is 10.0. The molecule has 1 aliphatic carbocycles. The van der Waals surface area contributed by atoms with Gasteiger partial charge in [0, 0.05) is 12.5 Å². The van der Waals surface area contributed by atoms with Gasteiger partial charge >= 0.3 is 5.97 Å². The van der Waals surface area contributed by atoms with Crippen LogP contribution in [0.1, 0.15) is 30.0 Å². The Morgan fingerprint density at radius 3 is 3.06 bits per heavy atom. The molecule has 0 aromatic heterocycles. The van der Waals surface area contributed by atoms with E-state index < -0.39 is 0 Å². The van der Waals surface area contributed by atoms with Crippen LogP contribution >= 0.6 is 0 Å². The second kappa shape index (κ2) is 4.61. The molecule has 4 nitrogen and oxygen atoms in total. The van der Waals surface area contributed by atoms with Crippen molar-refractivity contribution in [2.75, 3.05) is 13.7 Å². The summed E-state index contributed by atoms with van der Waals surface area (Å²) in [6.45, 7) is 0.734. The van der Waals surface area contributed by atoms with Crippen molar-refractivity contribution in [3.63, 3.8) is 0 Å². The van der Waals surface area contributed by atoms with Crippen LogP contribution in [0.25, 0.3) is 0 Å². The maximum Gasteiger partial charge on any atom is 0.327 e. The van der Waals surface area contributed by atoms with Crippen LogP contribution < -0.4 is 10.1 Å².